The average molecular weight is 367 g/mol. The Morgan fingerprint density at radius 1 is 1.26 bits per heavy atom. The van der Waals surface area contributed by atoms with Gasteiger partial charge in [-0.05, 0) is 63.1 Å². The minimum Gasteiger partial charge on any atom is -0.445 e. The monoisotopic (exact) mass is 367 g/mol. The van der Waals surface area contributed by atoms with E-state index in [-0.39, 0.29) is 18.2 Å². The molecule has 5 nitrogen and oxygen atoms in total. The van der Waals surface area contributed by atoms with Crippen LogP contribution < -0.4 is 0 Å². The van der Waals surface area contributed by atoms with Gasteiger partial charge in [0.15, 0.2) is 0 Å². The Kier molecular flexibility index (Phi) is 6.43. The highest BCUT2D eigenvalue weighted by Crippen LogP contribution is 2.25. The van der Waals surface area contributed by atoms with E-state index in [4.69, 9.17) is 4.74 Å². The van der Waals surface area contributed by atoms with E-state index in [0.29, 0.717) is 6.61 Å². The van der Waals surface area contributed by atoms with Gasteiger partial charge in [0.2, 0.25) is 0 Å². The number of amides is 1. The molecule has 1 atom stereocenters. The van der Waals surface area contributed by atoms with Gasteiger partial charge >= 0.3 is 6.09 Å². The van der Waals surface area contributed by atoms with Gasteiger partial charge < -0.3 is 9.64 Å². The highest BCUT2D eigenvalue weighted by atomic mass is 16.6. The molecule has 1 unspecified atom stereocenters. The van der Waals surface area contributed by atoms with E-state index in [0.717, 1.165) is 49.1 Å². The number of fused-ring (bicyclic) bond motifs is 1. The molecule has 0 bridgehead atoms. The highest BCUT2D eigenvalue weighted by Gasteiger charge is 2.30. The first-order valence-corrected chi connectivity index (χ1v) is 9.91. The summed E-state index contributed by atoms with van der Waals surface area (Å²) in [4.78, 5) is 14.8. The van der Waals surface area contributed by atoms with Gasteiger partial charge in [-0.15, -0.1) is 0 Å². The van der Waals surface area contributed by atoms with Crippen molar-refractivity contribution in [3.8, 4) is 0 Å². The minimum absolute atomic E-state index is 0.0836. The normalized spacial score (nSPS) is 16.5. The van der Waals surface area contributed by atoms with Gasteiger partial charge in [-0.2, -0.15) is 10.2 Å². The maximum absolute atomic E-state index is 12.9. The smallest absolute Gasteiger partial charge is 0.410 e. The first kappa shape index (κ1) is 19.3. The van der Waals surface area contributed by atoms with Crippen molar-refractivity contribution in [2.75, 3.05) is 0 Å². The van der Waals surface area contributed by atoms with Gasteiger partial charge in [-0.3, -0.25) is 0 Å². The van der Waals surface area contributed by atoms with E-state index >= 15 is 0 Å². The second-order valence-corrected chi connectivity index (χ2v) is 7.45. The lowest BCUT2D eigenvalue weighted by atomic mass is 10.0. The van der Waals surface area contributed by atoms with Gasteiger partial charge in [0.05, 0.1) is 11.4 Å². The molecule has 0 radical (unpaired) electrons. The number of nitrogens with zero attached hydrogens (tertiary/aromatic N) is 3. The summed E-state index contributed by atoms with van der Waals surface area (Å²) in [6, 6.07) is 12.2. The SMILES string of the molecule is CCc1cc2c(nn1)CCCC(N(C(=O)OCc1ccccc1)C(C)C)C2. The van der Waals surface area contributed by atoms with Crippen molar-refractivity contribution in [1.82, 2.24) is 15.1 Å². The average Bonchev–Trinajstić information content (AvgIpc) is 2.88. The predicted molar refractivity (Wildman–Crippen MR) is 105 cm³/mol. The van der Waals surface area contributed by atoms with Gasteiger partial charge in [0, 0.05) is 12.1 Å². The fourth-order valence-corrected chi connectivity index (χ4v) is 3.74. The number of hydrogen-bond acceptors (Lipinski definition) is 4. The van der Waals surface area contributed by atoms with E-state index in [1.807, 2.05) is 35.2 Å². The number of aryl methyl sites for hydroxylation is 2. The number of hydrogen-bond donors (Lipinski definition) is 0. The van der Waals surface area contributed by atoms with Crippen molar-refractivity contribution in [2.45, 2.75) is 71.6 Å². The van der Waals surface area contributed by atoms with Crippen LogP contribution in [0.1, 0.15) is 56.1 Å². The number of ether oxygens (including phenoxy) is 1. The molecule has 27 heavy (non-hydrogen) atoms. The molecule has 3 rings (SSSR count). The fourth-order valence-electron chi connectivity index (χ4n) is 3.74. The first-order valence-electron chi connectivity index (χ1n) is 9.91. The van der Waals surface area contributed by atoms with Crippen molar-refractivity contribution in [3.63, 3.8) is 0 Å². The molecular weight excluding hydrogens is 338 g/mol. The Balaban J connectivity index is 1.74. The van der Waals surface area contributed by atoms with E-state index in [9.17, 15) is 4.79 Å². The van der Waals surface area contributed by atoms with E-state index in [2.05, 4.69) is 37.0 Å². The lowest BCUT2D eigenvalue weighted by Crippen LogP contribution is -2.46. The fraction of sp³-hybridized carbons (Fsp3) is 0.500. The Bertz CT molecular complexity index is 761. The standard InChI is InChI=1S/C22H29N3O2/c1-4-19-13-18-14-20(11-8-12-21(18)24-23-19)25(16(2)3)22(26)27-15-17-9-6-5-7-10-17/h5-7,9-10,13,16,20H,4,8,11-12,14-15H2,1-3H3. The Morgan fingerprint density at radius 3 is 2.74 bits per heavy atom. The van der Waals surface area contributed by atoms with Gasteiger partial charge in [-0.1, -0.05) is 37.3 Å². The molecule has 1 aliphatic carbocycles. The molecule has 0 aliphatic heterocycles. The lowest BCUT2D eigenvalue weighted by molar-refractivity contribution is 0.0651. The summed E-state index contributed by atoms with van der Waals surface area (Å²) in [6.45, 7) is 6.50. The zero-order valence-corrected chi connectivity index (χ0v) is 16.5. The maximum atomic E-state index is 12.9. The molecule has 0 spiro atoms. The zero-order valence-electron chi connectivity index (χ0n) is 16.5. The van der Waals surface area contributed by atoms with E-state index in [1.54, 1.807) is 0 Å². The largest absolute Gasteiger partial charge is 0.445 e. The van der Waals surface area contributed by atoms with Gasteiger partial charge in [-0.25, -0.2) is 4.79 Å². The third-order valence-electron chi connectivity index (χ3n) is 5.15. The third-order valence-corrected chi connectivity index (χ3v) is 5.15. The van der Waals surface area contributed by atoms with Gasteiger partial charge in [0.25, 0.3) is 0 Å². The molecule has 144 valence electrons. The number of benzene rings is 1. The molecule has 1 amide bonds. The van der Waals surface area contributed by atoms with Crippen LogP contribution >= 0.6 is 0 Å². The number of carbonyl (C=O) groups is 1. The zero-order chi connectivity index (χ0) is 19.2. The van der Waals surface area contributed by atoms with Crippen molar-refractivity contribution >= 4 is 6.09 Å². The molecule has 2 aromatic rings. The Labute approximate surface area is 161 Å². The summed E-state index contributed by atoms with van der Waals surface area (Å²) in [5.41, 5.74) is 4.32. The van der Waals surface area contributed by atoms with Gasteiger partial charge in [0.1, 0.15) is 6.61 Å². The quantitative estimate of drug-likeness (QED) is 0.738. The van der Waals surface area contributed by atoms with Crippen LogP contribution in [-0.4, -0.2) is 33.3 Å². The molecule has 0 N–H and O–H groups in total. The molecule has 1 aliphatic rings. The molecule has 1 aromatic heterocycles. The summed E-state index contributed by atoms with van der Waals surface area (Å²) >= 11 is 0. The van der Waals surface area contributed by atoms with Crippen LogP contribution in [0.3, 0.4) is 0 Å². The van der Waals surface area contributed by atoms with Crippen LogP contribution in [0.2, 0.25) is 0 Å². The van der Waals surface area contributed by atoms with Crippen molar-refractivity contribution in [1.29, 1.82) is 0 Å². The molecule has 1 aromatic carbocycles. The van der Waals surface area contributed by atoms with Crippen LogP contribution in [0.5, 0.6) is 0 Å². The molecule has 5 heteroatoms. The highest BCUT2D eigenvalue weighted by molar-refractivity contribution is 5.68. The van der Waals surface area contributed by atoms with Crippen molar-refractivity contribution in [2.24, 2.45) is 0 Å². The molecule has 0 saturated heterocycles. The Hall–Kier alpha value is -2.43. The summed E-state index contributed by atoms with van der Waals surface area (Å²) in [6.07, 6.45) is 4.34. The number of aromatic nitrogens is 2. The van der Waals surface area contributed by atoms with Crippen LogP contribution in [-0.2, 0) is 30.6 Å². The third kappa shape index (κ3) is 4.85. The summed E-state index contributed by atoms with van der Waals surface area (Å²) in [7, 11) is 0. The Morgan fingerprint density at radius 2 is 2.04 bits per heavy atom. The van der Waals surface area contributed by atoms with Crippen molar-refractivity contribution < 1.29 is 9.53 Å². The first-order chi connectivity index (χ1) is 13.1. The van der Waals surface area contributed by atoms with Crippen LogP contribution in [0.25, 0.3) is 0 Å². The number of rotatable bonds is 5. The molecule has 1 heterocycles. The van der Waals surface area contributed by atoms with E-state index in [1.165, 1.54) is 5.56 Å². The van der Waals surface area contributed by atoms with Crippen molar-refractivity contribution in [3.05, 3.63) is 58.9 Å². The predicted octanol–water partition coefficient (Wildman–Crippen LogP) is 4.33. The minimum atomic E-state index is -0.236. The van der Waals surface area contributed by atoms with E-state index < -0.39 is 0 Å². The molecule has 0 fully saturated rings. The summed E-state index contributed by atoms with van der Waals surface area (Å²) in [5, 5.41) is 8.72. The second-order valence-electron chi connectivity index (χ2n) is 7.45. The topological polar surface area (TPSA) is 55.3 Å². The lowest BCUT2D eigenvalue weighted by Gasteiger charge is -2.34. The summed E-state index contributed by atoms with van der Waals surface area (Å²) in [5.74, 6) is 0. The van der Waals surface area contributed by atoms with Crippen LogP contribution in [0, 0.1) is 0 Å². The molecule has 0 saturated carbocycles. The van der Waals surface area contributed by atoms with Crippen LogP contribution in [0.4, 0.5) is 4.79 Å². The molecular formula is C22H29N3O2. The number of carbonyl (C=O) groups excluding carboxylic acids is 1. The second kappa shape index (κ2) is 8.98. The summed E-state index contributed by atoms with van der Waals surface area (Å²) < 4.78 is 5.64. The van der Waals surface area contributed by atoms with Crippen LogP contribution in [0.15, 0.2) is 36.4 Å². The maximum Gasteiger partial charge on any atom is 0.410 e.